The normalized spacial score (nSPS) is 12.5. The number of aryl methyl sites for hydroxylation is 2. The first-order valence-corrected chi connectivity index (χ1v) is 5.52. The van der Waals surface area contributed by atoms with Crippen molar-refractivity contribution in [3.8, 4) is 5.88 Å². The third-order valence-corrected chi connectivity index (χ3v) is 2.45. The first-order valence-electron chi connectivity index (χ1n) is 5.52. The van der Waals surface area contributed by atoms with Crippen LogP contribution < -0.4 is 10.5 Å². The van der Waals surface area contributed by atoms with E-state index >= 15 is 0 Å². The summed E-state index contributed by atoms with van der Waals surface area (Å²) < 4.78 is 7.42. The number of hydrogen-bond acceptors (Lipinski definition) is 3. The maximum absolute atomic E-state index is 7.52. The Kier molecular flexibility index (Phi) is 3.93. The van der Waals surface area contributed by atoms with Gasteiger partial charge in [0, 0.05) is 7.05 Å². The number of nitrogens with two attached hydrogens (primary N) is 1. The molecule has 1 heterocycles. The SMILES string of the molecule is CCCC(C)Oc1c(C(=N)N)c(C)nn1C. The molecule has 0 saturated heterocycles. The molecule has 0 aliphatic rings. The largest absolute Gasteiger partial charge is 0.474 e. The molecule has 0 aliphatic heterocycles. The third-order valence-electron chi connectivity index (χ3n) is 2.45. The van der Waals surface area contributed by atoms with Gasteiger partial charge in [0.15, 0.2) is 0 Å². The number of nitrogen functional groups attached to an aromatic ring is 1. The summed E-state index contributed by atoms with van der Waals surface area (Å²) in [7, 11) is 1.80. The number of aromatic nitrogens is 2. The van der Waals surface area contributed by atoms with Crippen LogP contribution in [0.1, 0.15) is 37.9 Å². The van der Waals surface area contributed by atoms with Gasteiger partial charge in [0.25, 0.3) is 0 Å². The quantitative estimate of drug-likeness (QED) is 0.589. The lowest BCUT2D eigenvalue weighted by Gasteiger charge is -2.14. The summed E-state index contributed by atoms with van der Waals surface area (Å²) in [6.07, 6.45) is 2.15. The molecular formula is C11H20N4O. The van der Waals surface area contributed by atoms with Crippen LogP contribution in [-0.2, 0) is 7.05 Å². The van der Waals surface area contributed by atoms with E-state index in [1.54, 1.807) is 11.7 Å². The van der Waals surface area contributed by atoms with Crippen molar-refractivity contribution in [2.24, 2.45) is 12.8 Å². The minimum Gasteiger partial charge on any atom is -0.474 e. The van der Waals surface area contributed by atoms with E-state index in [0.29, 0.717) is 11.4 Å². The minimum absolute atomic E-state index is 0.00398. The van der Waals surface area contributed by atoms with E-state index in [0.717, 1.165) is 18.5 Å². The first kappa shape index (κ1) is 12.5. The molecule has 90 valence electrons. The highest BCUT2D eigenvalue weighted by Gasteiger charge is 2.18. The fourth-order valence-electron chi connectivity index (χ4n) is 1.74. The van der Waals surface area contributed by atoms with Crippen molar-refractivity contribution in [2.75, 3.05) is 0 Å². The lowest BCUT2D eigenvalue weighted by molar-refractivity contribution is 0.192. The van der Waals surface area contributed by atoms with Crippen LogP contribution in [0.25, 0.3) is 0 Å². The molecule has 1 aromatic heterocycles. The van der Waals surface area contributed by atoms with Gasteiger partial charge in [-0.3, -0.25) is 5.41 Å². The predicted molar refractivity (Wildman–Crippen MR) is 64.0 cm³/mol. The van der Waals surface area contributed by atoms with E-state index < -0.39 is 0 Å². The number of amidine groups is 1. The number of hydrogen-bond donors (Lipinski definition) is 2. The highest BCUT2D eigenvalue weighted by atomic mass is 16.5. The Labute approximate surface area is 96.1 Å². The van der Waals surface area contributed by atoms with Crippen molar-refractivity contribution < 1.29 is 4.74 Å². The Morgan fingerprint density at radius 1 is 1.62 bits per heavy atom. The standard InChI is InChI=1S/C11H20N4O/c1-5-6-7(2)16-11-9(10(12)13)8(3)14-15(11)4/h7H,5-6H2,1-4H3,(H3,12,13). The summed E-state index contributed by atoms with van der Waals surface area (Å²) in [5.41, 5.74) is 6.86. The smallest absolute Gasteiger partial charge is 0.223 e. The van der Waals surface area contributed by atoms with Gasteiger partial charge in [0.05, 0.1) is 11.8 Å². The Bertz CT molecular complexity index is 384. The van der Waals surface area contributed by atoms with Crippen molar-refractivity contribution >= 4 is 5.84 Å². The Hall–Kier alpha value is -1.52. The highest BCUT2D eigenvalue weighted by molar-refractivity contribution is 5.98. The summed E-state index contributed by atoms with van der Waals surface area (Å²) in [6, 6.07) is 0. The first-order chi connectivity index (χ1) is 7.47. The summed E-state index contributed by atoms with van der Waals surface area (Å²) in [5.74, 6) is 0.593. The molecule has 0 aliphatic carbocycles. The second kappa shape index (κ2) is 5.01. The van der Waals surface area contributed by atoms with Crippen LogP contribution in [0.5, 0.6) is 5.88 Å². The second-order valence-electron chi connectivity index (χ2n) is 4.02. The van der Waals surface area contributed by atoms with Crippen LogP contribution in [0.2, 0.25) is 0 Å². The van der Waals surface area contributed by atoms with E-state index in [4.69, 9.17) is 15.9 Å². The summed E-state index contributed by atoms with van der Waals surface area (Å²) in [6.45, 7) is 5.95. The van der Waals surface area contributed by atoms with E-state index in [2.05, 4.69) is 12.0 Å². The minimum atomic E-state index is 0.00398. The Morgan fingerprint density at radius 3 is 2.75 bits per heavy atom. The van der Waals surface area contributed by atoms with Crippen molar-refractivity contribution in [2.45, 2.75) is 39.7 Å². The molecular weight excluding hydrogens is 204 g/mol. The summed E-state index contributed by atoms with van der Waals surface area (Å²) in [5, 5.41) is 11.7. The molecule has 5 heteroatoms. The van der Waals surface area contributed by atoms with Crippen LogP contribution in [0.15, 0.2) is 0 Å². The molecule has 5 nitrogen and oxygen atoms in total. The number of ether oxygens (including phenoxy) is 1. The van der Waals surface area contributed by atoms with Gasteiger partial charge in [-0.1, -0.05) is 13.3 Å². The molecule has 1 atom stereocenters. The van der Waals surface area contributed by atoms with Crippen LogP contribution >= 0.6 is 0 Å². The zero-order valence-electron chi connectivity index (χ0n) is 10.4. The van der Waals surface area contributed by atoms with Crippen molar-refractivity contribution in [3.05, 3.63) is 11.3 Å². The molecule has 16 heavy (non-hydrogen) atoms. The van der Waals surface area contributed by atoms with Crippen molar-refractivity contribution in [1.29, 1.82) is 5.41 Å². The topological polar surface area (TPSA) is 76.9 Å². The van der Waals surface area contributed by atoms with Gasteiger partial charge >= 0.3 is 0 Å². The highest BCUT2D eigenvalue weighted by Crippen LogP contribution is 2.22. The van der Waals surface area contributed by atoms with Gasteiger partial charge < -0.3 is 10.5 Å². The molecule has 0 bridgehead atoms. The Morgan fingerprint density at radius 2 is 2.25 bits per heavy atom. The van der Waals surface area contributed by atoms with Gasteiger partial charge in [-0.2, -0.15) is 5.10 Å². The molecule has 0 spiro atoms. The van der Waals surface area contributed by atoms with E-state index in [-0.39, 0.29) is 11.9 Å². The molecule has 0 fully saturated rings. The molecule has 1 unspecified atom stereocenters. The van der Waals surface area contributed by atoms with Crippen molar-refractivity contribution in [3.63, 3.8) is 0 Å². The number of nitrogens with one attached hydrogen (secondary N) is 1. The van der Waals surface area contributed by atoms with Gasteiger partial charge in [-0.15, -0.1) is 0 Å². The van der Waals surface area contributed by atoms with E-state index in [1.165, 1.54) is 0 Å². The van der Waals surface area contributed by atoms with Crippen LogP contribution in [0, 0.1) is 12.3 Å². The van der Waals surface area contributed by atoms with Gasteiger partial charge in [-0.05, 0) is 20.3 Å². The molecule has 0 radical (unpaired) electrons. The molecule has 1 rings (SSSR count). The zero-order chi connectivity index (χ0) is 12.3. The number of rotatable bonds is 5. The molecule has 1 aromatic rings. The summed E-state index contributed by atoms with van der Waals surface area (Å²) in [4.78, 5) is 0. The van der Waals surface area contributed by atoms with Gasteiger partial charge in [0.2, 0.25) is 5.88 Å². The average molecular weight is 224 g/mol. The lowest BCUT2D eigenvalue weighted by Crippen LogP contribution is -2.18. The molecule has 0 amide bonds. The van der Waals surface area contributed by atoms with Crippen LogP contribution in [-0.4, -0.2) is 21.7 Å². The third kappa shape index (κ3) is 2.53. The predicted octanol–water partition coefficient (Wildman–Crippen LogP) is 1.58. The lowest BCUT2D eigenvalue weighted by atomic mass is 10.2. The fourth-order valence-corrected chi connectivity index (χ4v) is 1.74. The van der Waals surface area contributed by atoms with Gasteiger partial charge in [0.1, 0.15) is 11.4 Å². The molecule has 0 aromatic carbocycles. The maximum atomic E-state index is 7.52. The Balaban J connectivity index is 2.98. The van der Waals surface area contributed by atoms with Crippen LogP contribution in [0.3, 0.4) is 0 Å². The zero-order valence-corrected chi connectivity index (χ0v) is 10.4. The summed E-state index contributed by atoms with van der Waals surface area (Å²) >= 11 is 0. The van der Waals surface area contributed by atoms with E-state index in [1.807, 2.05) is 13.8 Å². The second-order valence-corrected chi connectivity index (χ2v) is 4.02. The van der Waals surface area contributed by atoms with E-state index in [9.17, 15) is 0 Å². The average Bonchev–Trinajstić information content (AvgIpc) is 2.41. The fraction of sp³-hybridized carbons (Fsp3) is 0.636. The van der Waals surface area contributed by atoms with Crippen molar-refractivity contribution in [1.82, 2.24) is 9.78 Å². The number of nitrogens with zero attached hydrogens (tertiary/aromatic N) is 2. The monoisotopic (exact) mass is 224 g/mol. The molecule has 3 N–H and O–H groups in total. The van der Waals surface area contributed by atoms with Gasteiger partial charge in [-0.25, -0.2) is 4.68 Å². The van der Waals surface area contributed by atoms with Crippen LogP contribution in [0.4, 0.5) is 0 Å². The maximum Gasteiger partial charge on any atom is 0.223 e. The molecule has 0 saturated carbocycles.